The predicted molar refractivity (Wildman–Crippen MR) is 91.7 cm³/mol. The molecule has 2 heterocycles. The van der Waals surface area contributed by atoms with Crippen molar-refractivity contribution in [2.45, 2.75) is 33.1 Å². The van der Waals surface area contributed by atoms with Crippen LogP contribution in [0.1, 0.15) is 28.9 Å². The summed E-state index contributed by atoms with van der Waals surface area (Å²) in [6.07, 6.45) is 3.03. The minimum absolute atomic E-state index is 0.0334. The summed E-state index contributed by atoms with van der Waals surface area (Å²) in [6, 6.07) is 6.41. The van der Waals surface area contributed by atoms with E-state index in [9.17, 15) is 9.18 Å². The van der Waals surface area contributed by atoms with E-state index in [1.165, 1.54) is 18.5 Å². The molecule has 130 valence electrons. The van der Waals surface area contributed by atoms with Crippen molar-refractivity contribution in [1.82, 2.24) is 24.9 Å². The smallest absolute Gasteiger partial charge is 0.252 e. The molecule has 3 rings (SSSR count). The Bertz CT molecular complexity index is 906. The lowest BCUT2D eigenvalue weighted by molar-refractivity contribution is -0.121. The number of carbonyl (C=O) groups is 1. The fourth-order valence-electron chi connectivity index (χ4n) is 2.88. The number of hydrogen-bond acceptors (Lipinski definition) is 4. The zero-order valence-electron chi connectivity index (χ0n) is 14.3. The average Bonchev–Trinajstić information content (AvgIpc) is 3.03. The molecule has 0 aliphatic carbocycles. The highest BCUT2D eigenvalue weighted by Crippen LogP contribution is 2.14. The standard InChI is InChI=1S/C18H20FN5O/c1-12-16(13(2)24-18(23-12)21-11-22-24)6-7-17(25)20-9-8-14-4-3-5-15(19)10-14/h3-5,10-11H,6-9H2,1-2H3,(H,20,25). The lowest BCUT2D eigenvalue weighted by atomic mass is 10.1. The summed E-state index contributed by atoms with van der Waals surface area (Å²) in [5.74, 6) is 0.276. The molecular formula is C18H20FN5O. The number of nitrogens with zero attached hydrogens (tertiary/aromatic N) is 4. The minimum Gasteiger partial charge on any atom is -0.356 e. The summed E-state index contributed by atoms with van der Waals surface area (Å²) in [4.78, 5) is 20.6. The van der Waals surface area contributed by atoms with E-state index in [1.807, 2.05) is 19.9 Å². The lowest BCUT2D eigenvalue weighted by Gasteiger charge is -2.10. The first-order chi connectivity index (χ1) is 12.0. The van der Waals surface area contributed by atoms with E-state index < -0.39 is 0 Å². The Hall–Kier alpha value is -2.83. The van der Waals surface area contributed by atoms with Gasteiger partial charge in [-0.15, -0.1) is 0 Å². The van der Waals surface area contributed by atoms with Gasteiger partial charge in [0.1, 0.15) is 12.1 Å². The maximum absolute atomic E-state index is 13.1. The third-order valence-corrected chi connectivity index (χ3v) is 4.22. The fraction of sp³-hybridized carbons (Fsp3) is 0.333. The molecule has 0 unspecified atom stereocenters. The van der Waals surface area contributed by atoms with Gasteiger partial charge in [0.05, 0.1) is 0 Å². The number of halogens is 1. The Labute approximate surface area is 145 Å². The number of amides is 1. The summed E-state index contributed by atoms with van der Waals surface area (Å²) in [6.45, 7) is 4.35. The predicted octanol–water partition coefficient (Wildman–Crippen LogP) is 2.17. The second-order valence-corrected chi connectivity index (χ2v) is 5.96. The summed E-state index contributed by atoms with van der Waals surface area (Å²) in [5.41, 5.74) is 3.70. The Balaban J connectivity index is 1.54. The molecule has 0 saturated carbocycles. The topological polar surface area (TPSA) is 72.2 Å². The first kappa shape index (κ1) is 17.0. The van der Waals surface area contributed by atoms with Gasteiger partial charge in [-0.05, 0) is 49.9 Å². The molecule has 0 spiro atoms. The summed E-state index contributed by atoms with van der Waals surface area (Å²) in [5, 5.41) is 7.02. The molecule has 0 aliphatic heterocycles. The third kappa shape index (κ3) is 3.99. The number of hydrogen-bond donors (Lipinski definition) is 1. The van der Waals surface area contributed by atoms with Crippen LogP contribution in [-0.4, -0.2) is 32.0 Å². The van der Waals surface area contributed by atoms with Crippen molar-refractivity contribution in [3.05, 3.63) is 58.9 Å². The van der Waals surface area contributed by atoms with Crippen molar-refractivity contribution in [1.29, 1.82) is 0 Å². The van der Waals surface area contributed by atoms with E-state index in [2.05, 4.69) is 20.4 Å². The van der Waals surface area contributed by atoms with Crippen molar-refractivity contribution < 1.29 is 9.18 Å². The second kappa shape index (κ2) is 7.38. The number of carbonyl (C=O) groups excluding carboxylic acids is 1. The van der Waals surface area contributed by atoms with Crippen LogP contribution in [0, 0.1) is 19.7 Å². The normalized spacial score (nSPS) is 11.0. The fourth-order valence-corrected chi connectivity index (χ4v) is 2.88. The molecule has 7 heteroatoms. The zero-order valence-corrected chi connectivity index (χ0v) is 14.3. The van der Waals surface area contributed by atoms with Crippen molar-refractivity contribution in [3.63, 3.8) is 0 Å². The molecule has 0 saturated heterocycles. The zero-order chi connectivity index (χ0) is 17.8. The van der Waals surface area contributed by atoms with Crippen molar-refractivity contribution in [3.8, 4) is 0 Å². The molecule has 1 amide bonds. The first-order valence-corrected chi connectivity index (χ1v) is 8.21. The van der Waals surface area contributed by atoms with Crippen LogP contribution in [0.15, 0.2) is 30.6 Å². The van der Waals surface area contributed by atoms with Crippen LogP contribution in [0.4, 0.5) is 4.39 Å². The maximum Gasteiger partial charge on any atom is 0.252 e. The highest BCUT2D eigenvalue weighted by molar-refractivity contribution is 5.76. The van der Waals surface area contributed by atoms with Crippen molar-refractivity contribution in [2.75, 3.05) is 6.54 Å². The number of benzene rings is 1. The average molecular weight is 341 g/mol. The van der Waals surface area contributed by atoms with Gasteiger partial charge in [-0.1, -0.05) is 12.1 Å². The number of fused-ring (bicyclic) bond motifs is 1. The lowest BCUT2D eigenvalue weighted by Crippen LogP contribution is -2.26. The van der Waals surface area contributed by atoms with Crippen molar-refractivity contribution >= 4 is 11.7 Å². The van der Waals surface area contributed by atoms with E-state index in [1.54, 1.807) is 10.6 Å². The molecule has 6 nitrogen and oxygen atoms in total. The maximum atomic E-state index is 13.1. The van der Waals surface area contributed by atoms with Crippen LogP contribution in [0.3, 0.4) is 0 Å². The molecule has 25 heavy (non-hydrogen) atoms. The van der Waals surface area contributed by atoms with Gasteiger partial charge in [0, 0.05) is 24.4 Å². The molecule has 0 fully saturated rings. The highest BCUT2D eigenvalue weighted by Gasteiger charge is 2.12. The first-order valence-electron chi connectivity index (χ1n) is 8.21. The summed E-state index contributed by atoms with van der Waals surface area (Å²) >= 11 is 0. The van der Waals surface area contributed by atoms with Gasteiger partial charge in [0.25, 0.3) is 5.78 Å². The van der Waals surface area contributed by atoms with E-state index in [0.29, 0.717) is 31.6 Å². The molecule has 0 bridgehead atoms. The quantitative estimate of drug-likeness (QED) is 0.746. The van der Waals surface area contributed by atoms with Crippen molar-refractivity contribution in [2.24, 2.45) is 0 Å². The van der Waals surface area contributed by atoms with Gasteiger partial charge < -0.3 is 5.32 Å². The molecule has 3 aromatic rings. The Morgan fingerprint density at radius 1 is 1.28 bits per heavy atom. The Morgan fingerprint density at radius 2 is 2.12 bits per heavy atom. The minimum atomic E-state index is -0.259. The summed E-state index contributed by atoms with van der Waals surface area (Å²) in [7, 11) is 0. The SMILES string of the molecule is Cc1nc2ncnn2c(C)c1CCC(=O)NCCc1cccc(F)c1. The number of aromatic nitrogens is 4. The van der Waals surface area contributed by atoms with Crippen LogP contribution < -0.4 is 5.32 Å². The van der Waals surface area contributed by atoms with Gasteiger partial charge in [-0.2, -0.15) is 10.1 Å². The van der Waals surface area contributed by atoms with E-state index in [0.717, 1.165) is 22.5 Å². The molecular weight excluding hydrogens is 321 g/mol. The summed E-state index contributed by atoms with van der Waals surface area (Å²) < 4.78 is 14.8. The van der Waals surface area contributed by atoms with Gasteiger partial charge in [0.2, 0.25) is 5.91 Å². The van der Waals surface area contributed by atoms with Gasteiger partial charge in [-0.3, -0.25) is 4.79 Å². The monoisotopic (exact) mass is 341 g/mol. The van der Waals surface area contributed by atoms with Crippen LogP contribution in [0.2, 0.25) is 0 Å². The Kier molecular flexibility index (Phi) is 5.02. The highest BCUT2D eigenvalue weighted by atomic mass is 19.1. The van der Waals surface area contributed by atoms with Crippen LogP contribution in [-0.2, 0) is 17.6 Å². The van der Waals surface area contributed by atoms with Gasteiger partial charge >= 0.3 is 0 Å². The van der Waals surface area contributed by atoms with E-state index >= 15 is 0 Å². The van der Waals surface area contributed by atoms with E-state index in [4.69, 9.17) is 0 Å². The second-order valence-electron chi connectivity index (χ2n) is 5.96. The largest absolute Gasteiger partial charge is 0.356 e. The molecule has 0 atom stereocenters. The number of aryl methyl sites for hydroxylation is 2. The van der Waals surface area contributed by atoms with Crippen LogP contribution >= 0.6 is 0 Å². The van der Waals surface area contributed by atoms with Crippen LogP contribution in [0.25, 0.3) is 5.78 Å². The molecule has 0 aliphatic rings. The molecule has 2 aromatic heterocycles. The molecule has 0 radical (unpaired) electrons. The Morgan fingerprint density at radius 3 is 2.92 bits per heavy atom. The molecule has 1 N–H and O–H groups in total. The number of nitrogens with one attached hydrogen (secondary N) is 1. The third-order valence-electron chi connectivity index (χ3n) is 4.22. The number of rotatable bonds is 6. The molecule has 1 aromatic carbocycles. The van der Waals surface area contributed by atoms with Gasteiger partial charge in [-0.25, -0.2) is 13.9 Å². The van der Waals surface area contributed by atoms with Gasteiger partial charge in [0.15, 0.2) is 0 Å². The van der Waals surface area contributed by atoms with Crippen LogP contribution in [0.5, 0.6) is 0 Å². The van der Waals surface area contributed by atoms with E-state index in [-0.39, 0.29) is 11.7 Å².